The maximum Gasteiger partial charge on any atom is 0.330 e. The predicted molar refractivity (Wildman–Crippen MR) is 174 cm³/mol. The SMILES string of the molecule is COC(=O)/C=C/c1ccc(OCC2CC(COc3ccc(/C=C/C(=O)O)cc3OC)CC(OCCCCCCCl)C2)c(OC)c1. The second-order valence-electron chi connectivity index (χ2n) is 11.0. The highest BCUT2D eigenvalue weighted by Crippen LogP contribution is 2.36. The molecular weight excluding hydrogens is 600 g/mol. The molecule has 2 aromatic rings. The van der Waals surface area contributed by atoms with Crippen molar-refractivity contribution in [2.24, 2.45) is 11.8 Å². The summed E-state index contributed by atoms with van der Waals surface area (Å²) in [7, 11) is 4.49. The summed E-state index contributed by atoms with van der Waals surface area (Å²) >= 11 is 5.81. The molecule has 0 radical (unpaired) electrons. The van der Waals surface area contributed by atoms with E-state index in [1.165, 1.54) is 19.3 Å². The minimum atomic E-state index is -1.01. The number of benzene rings is 2. The molecule has 0 amide bonds. The Morgan fingerprint density at radius 2 is 1.33 bits per heavy atom. The van der Waals surface area contributed by atoms with Gasteiger partial charge in [-0.25, -0.2) is 9.59 Å². The zero-order chi connectivity index (χ0) is 32.4. The number of carbonyl (C=O) groups is 2. The monoisotopic (exact) mass is 644 g/mol. The van der Waals surface area contributed by atoms with E-state index in [1.54, 1.807) is 38.5 Å². The molecular formula is C35H45ClO9. The highest BCUT2D eigenvalue weighted by Gasteiger charge is 2.31. The third-order valence-electron chi connectivity index (χ3n) is 7.60. The van der Waals surface area contributed by atoms with Gasteiger partial charge in [-0.15, -0.1) is 11.6 Å². The fourth-order valence-corrected chi connectivity index (χ4v) is 5.53. The zero-order valence-electron chi connectivity index (χ0n) is 26.4. The topological polar surface area (TPSA) is 110 Å². The van der Waals surface area contributed by atoms with Gasteiger partial charge in [-0.3, -0.25) is 0 Å². The molecule has 0 saturated heterocycles. The molecule has 3 atom stereocenters. The number of rotatable bonds is 19. The average Bonchev–Trinajstić information content (AvgIpc) is 3.06. The van der Waals surface area contributed by atoms with Crippen molar-refractivity contribution in [3.05, 3.63) is 59.7 Å². The molecule has 1 fully saturated rings. The lowest BCUT2D eigenvalue weighted by Crippen LogP contribution is -2.34. The van der Waals surface area contributed by atoms with Gasteiger partial charge in [0, 0.05) is 24.6 Å². The van der Waals surface area contributed by atoms with E-state index in [2.05, 4.69) is 4.74 Å². The average molecular weight is 645 g/mol. The van der Waals surface area contributed by atoms with Gasteiger partial charge in [-0.2, -0.15) is 0 Å². The van der Waals surface area contributed by atoms with Crippen LogP contribution in [-0.2, 0) is 19.1 Å². The molecule has 2 aromatic carbocycles. The summed E-state index contributed by atoms with van der Waals surface area (Å²) in [6.45, 7) is 1.69. The molecule has 45 heavy (non-hydrogen) atoms. The highest BCUT2D eigenvalue weighted by molar-refractivity contribution is 6.17. The van der Waals surface area contributed by atoms with Crippen molar-refractivity contribution < 1.29 is 43.1 Å². The van der Waals surface area contributed by atoms with Crippen LogP contribution in [-0.4, -0.2) is 70.2 Å². The molecule has 0 aliphatic heterocycles. The lowest BCUT2D eigenvalue weighted by molar-refractivity contribution is -0.135. The Morgan fingerprint density at radius 3 is 1.84 bits per heavy atom. The first-order valence-corrected chi connectivity index (χ1v) is 15.8. The zero-order valence-corrected chi connectivity index (χ0v) is 27.1. The molecule has 0 heterocycles. The number of halogens is 1. The first-order chi connectivity index (χ1) is 21.8. The van der Waals surface area contributed by atoms with E-state index < -0.39 is 11.9 Å². The molecule has 1 aliphatic carbocycles. The Balaban J connectivity index is 1.65. The first-order valence-electron chi connectivity index (χ1n) is 15.3. The summed E-state index contributed by atoms with van der Waals surface area (Å²) < 4.78 is 34.6. The number of carboxylic acids is 1. The second-order valence-corrected chi connectivity index (χ2v) is 11.4. The fourth-order valence-electron chi connectivity index (χ4n) is 5.34. The van der Waals surface area contributed by atoms with Crippen molar-refractivity contribution in [1.29, 1.82) is 0 Å². The fraction of sp³-hybridized carbons (Fsp3) is 0.486. The minimum absolute atomic E-state index is 0.0899. The second kappa shape index (κ2) is 19.6. The van der Waals surface area contributed by atoms with Crippen LogP contribution in [0.15, 0.2) is 48.6 Å². The number of esters is 1. The van der Waals surface area contributed by atoms with Gasteiger partial charge in [0.05, 0.1) is 40.6 Å². The molecule has 0 bridgehead atoms. The number of aliphatic carboxylic acids is 1. The van der Waals surface area contributed by atoms with Crippen LogP contribution in [0.5, 0.6) is 23.0 Å². The molecule has 1 aliphatic rings. The van der Waals surface area contributed by atoms with Crippen LogP contribution >= 0.6 is 11.6 Å². The summed E-state index contributed by atoms with van der Waals surface area (Å²) in [5, 5.41) is 8.92. The quantitative estimate of drug-likeness (QED) is 0.0745. The van der Waals surface area contributed by atoms with E-state index >= 15 is 0 Å². The van der Waals surface area contributed by atoms with Gasteiger partial charge in [0.15, 0.2) is 23.0 Å². The van der Waals surface area contributed by atoms with Crippen molar-refractivity contribution in [3.63, 3.8) is 0 Å². The summed E-state index contributed by atoms with van der Waals surface area (Å²) in [4.78, 5) is 22.4. The number of alkyl halides is 1. The van der Waals surface area contributed by atoms with Crippen molar-refractivity contribution in [2.75, 3.05) is 47.0 Å². The summed E-state index contributed by atoms with van der Waals surface area (Å²) in [6.07, 6.45) is 12.6. The lowest BCUT2D eigenvalue weighted by atomic mass is 9.80. The van der Waals surface area contributed by atoms with Gasteiger partial charge in [0.2, 0.25) is 0 Å². The Kier molecular flexibility index (Phi) is 15.6. The van der Waals surface area contributed by atoms with Gasteiger partial charge in [-0.05, 0) is 91.5 Å². The molecule has 9 nitrogen and oxygen atoms in total. The van der Waals surface area contributed by atoms with Crippen molar-refractivity contribution in [2.45, 2.75) is 51.0 Å². The van der Waals surface area contributed by atoms with Crippen LogP contribution in [0.1, 0.15) is 56.1 Å². The summed E-state index contributed by atoms with van der Waals surface area (Å²) in [5.41, 5.74) is 1.50. The molecule has 246 valence electrons. The van der Waals surface area contributed by atoms with Crippen LogP contribution in [0.2, 0.25) is 0 Å². The van der Waals surface area contributed by atoms with E-state index in [1.807, 2.05) is 18.2 Å². The number of hydrogen-bond donors (Lipinski definition) is 1. The number of unbranched alkanes of at least 4 members (excludes halogenated alkanes) is 3. The van der Waals surface area contributed by atoms with Crippen LogP contribution in [0.3, 0.4) is 0 Å². The molecule has 0 spiro atoms. The standard InChI is InChI=1S/C35H45ClO9/c1-40-32-21-25(10-14-34(37)38)8-12-30(32)44-23-27-18-28(20-29(19-27)43-17-7-5-4-6-16-36)24-45-31-13-9-26(22-33(31)41-2)11-15-35(39)42-3/h8-15,21-22,27-29H,4-7,16-20,23-24H2,1-3H3,(H,37,38)/b14-10+,15-11+. The summed E-state index contributed by atoms with van der Waals surface area (Å²) in [5.74, 6) is 2.07. The van der Waals surface area contributed by atoms with Gasteiger partial charge in [0.1, 0.15) is 0 Å². The van der Waals surface area contributed by atoms with E-state index in [9.17, 15) is 9.59 Å². The van der Waals surface area contributed by atoms with Crippen LogP contribution in [0.25, 0.3) is 12.2 Å². The van der Waals surface area contributed by atoms with Gasteiger partial charge in [0.25, 0.3) is 0 Å². The molecule has 1 N–H and O–H groups in total. The van der Waals surface area contributed by atoms with Crippen molar-refractivity contribution in [3.8, 4) is 23.0 Å². The van der Waals surface area contributed by atoms with E-state index in [0.29, 0.717) is 54.3 Å². The van der Waals surface area contributed by atoms with Gasteiger partial charge < -0.3 is 33.5 Å². The molecule has 0 aromatic heterocycles. The Labute approximate surface area is 271 Å². The van der Waals surface area contributed by atoms with Gasteiger partial charge >= 0.3 is 11.9 Å². The Bertz CT molecular complexity index is 1280. The first kappa shape index (κ1) is 35.8. The molecule has 3 rings (SSSR count). The normalized spacial score (nSPS) is 18.2. The minimum Gasteiger partial charge on any atom is -0.493 e. The molecule has 10 heteroatoms. The third-order valence-corrected chi connectivity index (χ3v) is 7.86. The number of carboxylic acid groups (broad SMARTS) is 1. The van der Waals surface area contributed by atoms with E-state index in [-0.39, 0.29) is 17.9 Å². The smallest absolute Gasteiger partial charge is 0.330 e. The molecule has 3 unspecified atom stereocenters. The number of methoxy groups -OCH3 is 3. The maximum atomic E-state index is 11.5. The largest absolute Gasteiger partial charge is 0.493 e. The maximum absolute atomic E-state index is 11.5. The highest BCUT2D eigenvalue weighted by atomic mass is 35.5. The van der Waals surface area contributed by atoms with Gasteiger partial charge in [-0.1, -0.05) is 25.0 Å². The van der Waals surface area contributed by atoms with Crippen LogP contribution in [0.4, 0.5) is 0 Å². The Morgan fingerprint density at radius 1 is 0.778 bits per heavy atom. The Hall–Kier alpha value is -3.69. The summed E-state index contributed by atoms with van der Waals surface area (Å²) in [6, 6.07) is 10.9. The third kappa shape index (κ3) is 12.7. The van der Waals surface area contributed by atoms with E-state index in [0.717, 1.165) is 56.6 Å². The number of carbonyl (C=O) groups excluding carboxylic acids is 1. The number of hydrogen-bond acceptors (Lipinski definition) is 8. The van der Waals surface area contributed by atoms with Crippen molar-refractivity contribution in [1.82, 2.24) is 0 Å². The lowest BCUT2D eigenvalue weighted by Gasteiger charge is -2.35. The predicted octanol–water partition coefficient (Wildman–Crippen LogP) is 7.05. The van der Waals surface area contributed by atoms with Crippen molar-refractivity contribution >= 4 is 35.7 Å². The van der Waals surface area contributed by atoms with E-state index in [4.69, 9.17) is 40.4 Å². The number of ether oxygens (including phenoxy) is 6. The van der Waals surface area contributed by atoms with Crippen LogP contribution in [0, 0.1) is 11.8 Å². The van der Waals surface area contributed by atoms with Crippen LogP contribution < -0.4 is 18.9 Å². The molecule has 1 saturated carbocycles.